The lowest BCUT2D eigenvalue weighted by Crippen LogP contribution is -2.09. The summed E-state index contributed by atoms with van der Waals surface area (Å²) >= 11 is 5.74. The summed E-state index contributed by atoms with van der Waals surface area (Å²) in [5, 5.41) is 0. The molecule has 6 heteroatoms. The third-order valence-electron chi connectivity index (χ3n) is 1.47. The van der Waals surface area contributed by atoms with Crippen molar-refractivity contribution < 1.29 is 17.9 Å². The molecule has 0 heterocycles. The lowest BCUT2D eigenvalue weighted by atomic mass is 10.2. The highest BCUT2D eigenvalue weighted by Crippen LogP contribution is 2.40. The van der Waals surface area contributed by atoms with Crippen molar-refractivity contribution in [1.29, 1.82) is 0 Å². The number of ether oxygens (including phenoxy) is 1. The van der Waals surface area contributed by atoms with Crippen molar-refractivity contribution in [3.05, 3.63) is 28.2 Å². The highest BCUT2D eigenvalue weighted by Gasteiger charge is 2.36. The second-order valence-electron chi connectivity index (χ2n) is 2.36. The molecule has 0 aliphatic rings. The fourth-order valence-corrected chi connectivity index (χ4v) is 1.78. The minimum absolute atomic E-state index is 0.0204. The van der Waals surface area contributed by atoms with E-state index in [1.165, 1.54) is 18.2 Å². The third-order valence-corrected chi connectivity index (χ3v) is 2.36. The summed E-state index contributed by atoms with van der Waals surface area (Å²) < 4.78 is 42.3. The average Bonchev–Trinajstić information content (AvgIpc) is 2.02. The fraction of sp³-hybridized carbons (Fsp3) is 0.250. The molecule has 1 nitrogen and oxygen atoms in total. The summed E-state index contributed by atoms with van der Waals surface area (Å²) in [6.45, 7) is 0. The molecule has 0 aliphatic carbocycles. The van der Waals surface area contributed by atoms with Gasteiger partial charge in [-0.2, -0.15) is 13.2 Å². The van der Waals surface area contributed by atoms with Crippen LogP contribution in [0.25, 0.3) is 0 Å². The molecule has 1 aromatic rings. The van der Waals surface area contributed by atoms with E-state index in [0.29, 0.717) is 0 Å². The van der Waals surface area contributed by atoms with Crippen LogP contribution in [0.1, 0.15) is 5.56 Å². The molecule has 78 valence electrons. The zero-order valence-electron chi connectivity index (χ0n) is 6.74. The molecule has 14 heavy (non-hydrogen) atoms. The molecule has 0 amide bonds. The van der Waals surface area contributed by atoms with E-state index in [1.54, 1.807) is 0 Å². The maximum absolute atomic E-state index is 12.5. The Balaban J connectivity index is 3.22. The van der Waals surface area contributed by atoms with E-state index < -0.39 is 11.7 Å². The first-order valence-corrected chi connectivity index (χ1v) is 5.42. The maximum atomic E-state index is 12.5. The molecule has 0 unspecified atom stereocenters. The maximum Gasteiger partial charge on any atom is 0.421 e. The monoisotopic (exact) mass is 332 g/mol. The highest BCUT2D eigenvalue weighted by atomic mass is 79.9. The van der Waals surface area contributed by atoms with E-state index in [-0.39, 0.29) is 15.7 Å². The summed E-state index contributed by atoms with van der Waals surface area (Å²) in [4.78, 5) is 0. The lowest BCUT2D eigenvalue weighted by molar-refractivity contribution is -0.139. The molecule has 0 spiro atoms. The van der Waals surface area contributed by atoms with Crippen molar-refractivity contribution in [2.45, 2.75) is 6.18 Å². The molecule has 0 atom stereocenters. The van der Waals surface area contributed by atoms with Gasteiger partial charge in [-0.25, -0.2) is 0 Å². The average molecular weight is 334 g/mol. The van der Waals surface area contributed by atoms with E-state index >= 15 is 0 Å². The first kappa shape index (κ1) is 11.8. The second-order valence-corrected chi connectivity index (χ2v) is 3.68. The SMILES string of the molecule is FC(F)(F)c1c(Br)cccc1OCBr. The minimum Gasteiger partial charge on any atom is -0.482 e. The van der Waals surface area contributed by atoms with Gasteiger partial charge in [0, 0.05) is 4.47 Å². The van der Waals surface area contributed by atoms with Gasteiger partial charge >= 0.3 is 6.18 Å². The number of alkyl halides is 4. The van der Waals surface area contributed by atoms with E-state index in [2.05, 4.69) is 31.9 Å². The van der Waals surface area contributed by atoms with Crippen LogP contribution >= 0.6 is 31.9 Å². The summed E-state index contributed by atoms with van der Waals surface area (Å²) in [6, 6.07) is 4.08. The van der Waals surface area contributed by atoms with Gasteiger partial charge in [-0.15, -0.1) is 0 Å². The van der Waals surface area contributed by atoms with Gasteiger partial charge in [-0.1, -0.05) is 22.0 Å². The van der Waals surface area contributed by atoms with E-state index in [4.69, 9.17) is 4.74 Å². The third kappa shape index (κ3) is 2.63. The first-order chi connectivity index (χ1) is 6.46. The Labute approximate surface area is 95.5 Å². The molecular formula is C8H5Br2F3O. The summed E-state index contributed by atoms with van der Waals surface area (Å²) in [6.07, 6.45) is -4.42. The molecule has 1 rings (SSSR count). The van der Waals surface area contributed by atoms with Crippen LogP contribution in [0, 0.1) is 0 Å². The van der Waals surface area contributed by atoms with Crippen molar-refractivity contribution in [3.8, 4) is 5.75 Å². The summed E-state index contributed by atoms with van der Waals surface area (Å²) in [5.74, 6) is -0.191. The van der Waals surface area contributed by atoms with Crippen molar-refractivity contribution in [2.75, 3.05) is 5.52 Å². The molecule has 0 aromatic heterocycles. The lowest BCUT2D eigenvalue weighted by Gasteiger charge is -2.13. The molecule has 1 aromatic carbocycles. The van der Waals surface area contributed by atoms with Crippen LogP contribution in [0.15, 0.2) is 22.7 Å². The van der Waals surface area contributed by atoms with Gasteiger partial charge in [-0.3, -0.25) is 0 Å². The van der Waals surface area contributed by atoms with Crippen LogP contribution in [0.2, 0.25) is 0 Å². The molecule has 0 saturated carbocycles. The number of hydrogen-bond acceptors (Lipinski definition) is 1. The Bertz CT molecular complexity index is 325. The standard InChI is InChI=1S/C8H5Br2F3O/c9-4-14-6-3-1-2-5(10)7(6)8(11,12)13/h1-3H,4H2. The van der Waals surface area contributed by atoms with Gasteiger partial charge in [-0.05, 0) is 28.1 Å². The summed E-state index contributed by atoms with van der Waals surface area (Å²) in [5.41, 5.74) is -0.772. The second kappa shape index (κ2) is 4.53. The molecular weight excluding hydrogens is 329 g/mol. The zero-order valence-corrected chi connectivity index (χ0v) is 9.91. The van der Waals surface area contributed by atoms with Crippen LogP contribution < -0.4 is 4.74 Å². The number of halogens is 5. The van der Waals surface area contributed by atoms with Gasteiger partial charge in [0.25, 0.3) is 0 Å². The molecule has 0 aliphatic heterocycles. The van der Waals surface area contributed by atoms with Gasteiger partial charge in [0.1, 0.15) is 16.8 Å². The van der Waals surface area contributed by atoms with Crippen molar-refractivity contribution in [3.63, 3.8) is 0 Å². The number of benzene rings is 1. The minimum atomic E-state index is -4.42. The van der Waals surface area contributed by atoms with Gasteiger partial charge < -0.3 is 4.74 Å². The van der Waals surface area contributed by atoms with Crippen LogP contribution in [-0.4, -0.2) is 5.52 Å². The normalized spacial score (nSPS) is 11.5. The number of rotatable bonds is 2. The van der Waals surface area contributed by atoms with Crippen LogP contribution in [0.4, 0.5) is 13.2 Å². The smallest absolute Gasteiger partial charge is 0.421 e. The Hall–Kier alpha value is -0.230. The van der Waals surface area contributed by atoms with E-state index in [1.807, 2.05) is 0 Å². The molecule has 0 fully saturated rings. The van der Waals surface area contributed by atoms with Crippen LogP contribution in [0.5, 0.6) is 5.75 Å². The molecule has 0 saturated heterocycles. The first-order valence-electron chi connectivity index (χ1n) is 3.51. The zero-order chi connectivity index (χ0) is 10.8. The molecule has 0 radical (unpaired) electrons. The van der Waals surface area contributed by atoms with Crippen LogP contribution in [0.3, 0.4) is 0 Å². The predicted molar refractivity (Wildman–Crippen MR) is 53.6 cm³/mol. The fourth-order valence-electron chi connectivity index (χ4n) is 0.959. The number of hydrogen-bond donors (Lipinski definition) is 0. The van der Waals surface area contributed by atoms with E-state index in [9.17, 15) is 13.2 Å². The van der Waals surface area contributed by atoms with Crippen molar-refractivity contribution in [2.24, 2.45) is 0 Å². The summed E-state index contributed by atoms with van der Waals surface area (Å²) in [7, 11) is 0. The topological polar surface area (TPSA) is 9.23 Å². The molecule has 0 bridgehead atoms. The van der Waals surface area contributed by atoms with Gasteiger partial charge in [0.2, 0.25) is 0 Å². The largest absolute Gasteiger partial charge is 0.482 e. The van der Waals surface area contributed by atoms with E-state index in [0.717, 1.165) is 0 Å². The Kier molecular flexibility index (Phi) is 3.83. The van der Waals surface area contributed by atoms with Crippen molar-refractivity contribution in [1.82, 2.24) is 0 Å². The predicted octanol–water partition coefficient (Wildman–Crippen LogP) is 4.20. The molecule has 0 N–H and O–H groups in total. The Morgan fingerprint density at radius 2 is 1.93 bits per heavy atom. The van der Waals surface area contributed by atoms with Gasteiger partial charge in [0.15, 0.2) is 0 Å². The Morgan fingerprint density at radius 3 is 2.43 bits per heavy atom. The van der Waals surface area contributed by atoms with Gasteiger partial charge in [0.05, 0.1) is 0 Å². The quantitative estimate of drug-likeness (QED) is 0.737. The Morgan fingerprint density at radius 1 is 1.29 bits per heavy atom. The highest BCUT2D eigenvalue weighted by molar-refractivity contribution is 9.10. The van der Waals surface area contributed by atoms with Crippen molar-refractivity contribution >= 4 is 31.9 Å². The van der Waals surface area contributed by atoms with Crippen LogP contribution in [-0.2, 0) is 6.18 Å².